The molecular weight excluding hydrogens is 239 g/mol. The van der Waals surface area contributed by atoms with Crippen LogP contribution in [0.15, 0.2) is 24.3 Å². The van der Waals surface area contributed by atoms with E-state index in [9.17, 15) is 9.18 Å². The van der Waals surface area contributed by atoms with E-state index in [-0.39, 0.29) is 6.61 Å². The van der Waals surface area contributed by atoms with Gasteiger partial charge < -0.3 is 14.6 Å². The number of rotatable bonds is 7. The van der Waals surface area contributed by atoms with Gasteiger partial charge in [0.1, 0.15) is 11.5 Å². The Bertz CT molecular complexity index is 429. The summed E-state index contributed by atoms with van der Waals surface area (Å²) in [5.41, 5.74) is 0.579. The van der Waals surface area contributed by atoms with Crippen LogP contribution in [0.2, 0.25) is 0 Å². The molecule has 0 aliphatic rings. The Morgan fingerprint density at radius 2 is 2.28 bits per heavy atom. The van der Waals surface area contributed by atoms with E-state index < -0.39 is 12.6 Å². The Hall–Kier alpha value is -2.04. The standard InChI is InChI=1S/C13H15FO4/c1-17-11-4-5-12(18-8-2-7-14)10(9-11)3-6-13(15)16/h3-6,9H,2,7-8H2,1H3,(H,15,16)/b6-3+. The van der Waals surface area contributed by atoms with E-state index >= 15 is 0 Å². The number of aliphatic carboxylic acids is 1. The molecule has 0 bridgehead atoms. The second-order valence-corrected chi connectivity index (χ2v) is 3.47. The molecule has 1 N–H and O–H groups in total. The van der Waals surface area contributed by atoms with Gasteiger partial charge >= 0.3 is 5.97 Å². The van der Waals surface area contributed by atoms with Gasteiger partial charge in [0.05, 0.1) is 20.4 Å². The van der Waals surface area contributed by atoms with E-state index in [0.717, 1.165) is 6.08 Å². The highest BCUT2D eigenvalue weighted by Crippen LogP contribution is 2.25. The van der Waals surface area contributed by atoms with Crippen molar-refractivity contribution in [1.29, 1.82) is 0 Å². The fourth-order valence-corrected chi connectivity index (χ4v) is 1.31. The van der Waals surface area contributed by atoms with Crippen LogP contribution in [-0.4, -0.2) is 31.5 Å². The minimum Gasteiger partial charge on any atom is -0.497 e. The van der Waals surface area contributed by atoms with E-state index in [1.54, 1.807) is 18.2 Å². The zero-order valence-electron chi connectivity index (χ0n) is 10.1. The Morgan fingerprint density at radius 3 is 2.89 bits per heavy atom. The molecule has 0 atom stereocenters. The highest BCUT2D eigenvalue weighted by Gasteiger charge is 2.04. The van der Waals surface area contributed by atoms with Gasteiger partial charge in [-0.25, -0.2) is 4.79 Å². The third kappa shape index (κ3) is 4.45. The van der Waals surface area contributed by atoms with Crippen LogP contribution in [0.5, 0.6) is 11.5 Å². The molecule has 18 heavy (non-hydrogen) atoms. The molecule has 5 heteroatoms. The van der Waals surface area contributed by atoms with Crippen molar-refractivity contribution in [2.45, 2.75) is 6.42 Å². The number of hydrogen-bond donors (Lipinski definition) is 1. The lowest BCUT2D eigenvalue weighted by molar-refractivity contribution is -0.131. The van der Waals surface area contributed by atoms with Gasteiger partial charge in [-0.1, -0.05) is 0 Å². The van der Waals surface area contributed by atoms with Crippen LogP contribution in [0.4, 0.5) is 4.39 Å². The quantitative estimate of drug-likeness (QED) is 0.600. The zero-order valence-corrected chi connectivity index (χ0v) is 10.1. The van der Waals surface area contributed by atoms with E-state index in [0.29, 0.717) is 23.5 Å². The van der Waals surface area contributed by atoms with Gasteiger partial charge in [-0.05, 0) is 24.3 Å². The summed E-state index contributed by atoms with van der Waals surface area (Å²) in [6.45, 7) is -0.201. The summed E-state index contributed by atoms with van der Waals surface area (Å²) in [6, 6.07) is 5.02. The molecule has 0 amide bonds. The van der Waals surface area contributed by atoms with Gasteiger partial charge in [-0.15, -0.1) is 0 Å². The second-order valence-electron chi connectivity index (χ2n) is 3.47. The van der Waals surface area contributed by atoms with Crippen LogP contribution >= 0.6 is 0 Å². The molecule has 0 saturated heterocycles. The van der Waals surface area contributed by atoms with Crippen LogP contribution in [-0.2, 0) is 4.79 Å². The Labute approximate surface area is 105 Å². The second kappa shape index (κ2) is 7.32. The maximum atomic E-state index is 12.0. The average Bonchev–Trinajstić information content (AvgIpc) is 2.37. The molecule has 98 valence electrons. The summed E-state index contributed by atoms with van der Waals surface area (Å²) < 4.78 is 22.4. The minimum atomic E-state index is -1.05. The monoisotopic (exact) mass is 254 g/mol. The van der Waals surface area contributed by atoms with E-state index in [1.807, 2.05) is 0 Å². The van der Waals surface area contributed by atoms with E-state index in [4.69, 9.17) is 14.6 Å². The summed E-state index contributed by atoms with van der Waals surface area (Å²) in [5, 5.41) is 8.60. The van der Waals surface area contributed by atoms with Crippen LogP contribution in [0.1, 0.15) is 12.0 Å². The van der Waals surface area contributed by atoms with Gasteiger partial charge in [-0.2, -0.15) is 0 Å². The lowest BCUT2D eigenvalue weighted by Crippen LogP contribution is -2.00. The normalized spacial score (nSPS) is 10.6. The summed E-state index contributed by atoms with van der Waals surface area (Å²) in [6.07, 6.45) is 2.72. The SMILES string of the molecule is COc1ccc(OCCCF)c(/C=C/C(=O)O)c1. The van der Waals surface area contributed by atoms with Crippen LogP contribution in [0.25, 0.3) is 6.08 Å². The number of carbonyl (C=O) groups is 1. The van der Waals surface area contributed by atoms with Crippen LogP contribution in [0, 0.1) is 0 Å². The molecule has 0 aliphatic carbocycles. The number of methoxy groups -OCH3 is 1. The molecule has 0 aliphatic heterocycles. The highest BCUT2D eigenvalue weighted by atomic mass is 19.1. The molecule has 4 nitrogen and oxygen atoms in total. The van der Waals surface area contributed by atoms with Crippen molar-refractivity contribution in [3.05, 3.63) is 29.8 Å². The van der Waals surface area contributed by atoms with Crippen molar-refractivity contribution >= 4 is 12.0 Å². The predicted octanol–water partition coefficient (Wildman–Crippen LogP) is 2.53. The van der Waals surface area contributed by atoms with Gasteiger partial charge in [0.25, 0.3) is 0 Å². The van der Waals surface area contributed by atoms with Crippen molar-refractivity contribution < 1.29 is 23.8 Å². The van der Waals surface area contributed by atoms with Crippen molar-refractivity contribution in [2.24, 2.45) is 0 Å². The van der Waals surface area contributed by atoms with Gasteiger partial charge in [0.2, 0.25) is 0 Å². The lowest BCUT2D eigenvalue weighted by atomic mass is 10.1. The molecule has 0 saturated carbocycles. The lowest BCUT2D eigenvalue weighted by Gasteiger charge is -2.10. The maximum Gasteiger partial charge on any atom is 0.328 e. The largest absolute Gasteiger partial charge is 0.497 e. The summed E-state index contributed by atoms with van der Waals surface area (Å²) in [4.78, 5) is 10.5. The molecule has 0 radical (unpaired) electrons. The number of carboxylic acid groups (broad SMARTS) is 1. The van der Waals surface area contributed by atoms with Crippen molar-refractivity contribution in [1.82, 2.24) is 0 Å². The molecule has 0 spiro atoms. The summed E-state index contributed by atoms with van der Waals surface area (Å²) in [7, 11) is 1.52. The van der Waals surface area contributed by atoms with Crippen LogP contribution < -0.4 is 9.47 Å². The third-order valence-corrected chi connectivity index (χ3v) is 2.16. The molecule has 0 heterocycles. The molecule has 0 unspecified atom stereocenters. The van der Waals surface area contributed by atoms with Crippen molar-refractivity contribution in [3.8, 4) is 11.5 Å². The number of halogens is 1. The maximum absolute atomic E-state index is 12.0. The first-order valence-corrected chi connectivity index (χ1v) is 5.45. The number of ether oxygens (including phenoxy) is 2. The van der Waals surface area contributed by atoms with E-state index in [1.165, 1.54) is 13.2 Å². The molecular formula is C13H15FO4. The van der Waals surface area contributed by atoms with E-state index in [2.05, 4.69) is 0 Å². The number of benzene rings is 1. The minimum absolute atomic E-state index is 0.247. The fourth-order valence-electron chi connectivity index (χ4n) is 1.31. The average molecular weight is 254 g/mol. The van der Waals surface area contributed by atoms with Crippen LogP contribution in [0.3, 0.4) is 0 Å². The molecule has 0 aromatic heterocycles. The van der Waals surface area contributed by atoms with Crippen molar-refractivity contribution in [3.63, 3.8) is 0 Å². The van der Waals surface area contributed by atoms with Gasteiger partial charge in [-0.3, -0.25) is 4.39 Å². The Balaban J connectivity index is 2.89. The smallest absolute Gasteiger partial charge is 0.328 e. The topological polar surface area (TPSA) is 55.8 Å². The first kappa shape index (κ1) is 14.0. The molecule has 1 rings (SSSR count). The number of hydrogen-bond acceptors (Lipinski definition) is 3. The van der Waals surface area contributed by atoms with Gasteiger partial charge in [0, 0.05) is 18.1 Å². The first-order chi connectivity index (χ1) is 8.67. The number of alkyl halides is 1. The Morgan fingerprint density at radius 1 is 1.50 bits per heavy atom. The highest BCUT2D eigenvalue weighted by molar-refractivity contribution is 5.86. The van der Waals surface area contributed by atoms with Crippen molar-refractivity contribution in [2.75, 3.05) is 20.4 Å². The van der Waals surface area contributed by atoms with Gasteiger partial charge in [0.15, 0.2) is 0 Å². The first-order valence-electron chi connectivity index (χ1n) is 5.45. The fraction of sp³-hybridized carbons (Fsp3) is 0.308. The molecule has 1 aromatic carbocycles. The summed E-state index contributed by atoms with van der Waals surface area (Å²) >= 11 is 0. The molecule has 1 aromatic rings. The third-order valence-electron chi connectivity index (χ3n) is 2.16. The zero-order chi connectivity index (χ0) is 13.4. The number of carboxylic acids is 1. The predicted molar refractivity (Wildman–Crippen MR) is 65.8 cm³/mol. The Kier molecular flexibility index (Phi) is 5.70. The summed E-state index contributed by atoms with van der Waals surface area (Å²) in [5.74, 6) is 0.0483. The molecule has 0 fully saturated rings.